The highest BCUT2D eigenvalue weighted by atomic mass is 16.5. The summed E-state index contributed by atoms with van der Waals surface area (Å²) in [4.78, 5) is 23.7. The van der Waals surface area contributed by atoms with Gasteiger partial charge in [0.25, 0.3) is 0 Å². The molecule has 0 aromatic carbocycles. The predicted molar refractivity (Wildman–Crippen MR) is 95.1 cm³/mol. The lowest BCUT2D eigenvalue weighted by atomic mass is 9.86. The molecule has 0 spiro atoms. The van der Waals surface area contributed by atoms with E-state index in [-0.39, 0.29) is 23.6 Å². The number of hydrogen-bond donors (Lipinski definition) is 1. The SMILES string of the molecule is CC1=CC(=O)OC(/C=C(\C)CCCC2(C)OC(C)(C)C(O)=CC2=O)C1. The Morgan fingerprint density at radius 1 is 1.32 bits per heavy atom. The summed E-state index contributed by atoms with van der Waals surface area (Å²) in [6.07, 6.45) is 7.42. The minimum absolute atomic E-state index is 0.0337. The zero-order valence-corrected chi connectivity index (χ0v) is 15.7. The van der Waals surface area contributed by atoms with Gasteiger partial charge in [0.2, 0.25) is 0 Å². The van der Waals surface area contributed by atoms with Crippen molar-refractivity contribution in [1.82, 2.24) is 0 Å². The molecule has 0 aliphatic carbocycles. The number of hydrogen-bond acceptors (Lipinski definition) is 5. The minimum atomic E-state index is -0.924. The van der Waals surface area contributed by atoms with Crippen molar-refractivity contribution in [3.63, 3.8) is 0 Å². The van der Waals surface area contributed by atoms with Gasteiger partial charge in [-0.2, -0.15) is 0 Å². The molecule has 0 saturated carbocycles. The third-order valence-electron chi connectivity index (χ3n) is 4.74. The van der Waals surface area contributed by atoms with Crippen LogP contribution in [0.4, 0.5) is 0 Å². The topological polar surface area (TPSA) is 72.8 Å². The highest BCUT2D eigenvalue weighted by Gasteiger charge is 2.44. The lowest BCUT2D eigenvalue weighted by molar-refractivity contribution is -0.166. The van der Waals surface area contributed by atoms with Gasteiger partial charge in [-0.1, -0.05) is 11.1 Å². The van der Waals surface area contributed by atoms with E-state index in [0.29, 0.717) is 6.42 Å². The van der Waals surface area contributed by atoms with Gasteiger partial charge < -0.3 is 14.6 Å². The number of carbonyl (C=O) groups is 2. The summed E-state index contributed by atoms with van der Waals surface area (Å²) >= 11 is 0. The van der Waals surface area contributed by atoms with Crippen LogP contribution < -0.4 is 0 Å². The molecule has 0 amide bonds. The van der Waals surface area contributed by atoms with Crippen LogP contribution in [0.2, 0.25) is 0 Å². The molecule has 1 N–H and O–H groups in total. The zero-order chi connectivity index (χ0) is 18.8. The average Bonchev–Trinajstić information content (AvgIpc) is 2.43. The Kier molecular flexibility index (Phi) is 5.57. The lowest BCUT2D eigenvalue weighted by Crippen LogP contribution is -2.49. The van der Waals surface area contributed by atoms with E-state index < -0.39 is 11.2 Å². The van der Waals surface area contributed by atoms with E-state index in [4.69, 9.17) is 9.47 Å². The molecular weight excluding hydrogens is 320 g/mol. The smallest absolute Gasteiger partial charge is 0.331 e. The fourth-order valence-electron chi connectivity index (χ4n) is 3.29. The highest BCUT2D eigenvalue weighted by Crippen LogP contribution is 2.35. The maximum Gasteiger partial charge on any atom is 0.331 e. The van der Waals surface area contributed by atoms with E-state index in [2.05, 4.69) is 0 Å². The van der Waals surface area contributed by atoms with Gasteiger partial charge in [0.15, 0.2) is 5.78 Å². The van der Waals surface area contributed by atoms with Crippen molar-refractivity contribution < 1.29 is 24.2 Å². The molecule has 25 heavy (non-hydrogen) atoms. The standard InChI is InChI=1S/C20H28O5/c1-13(9-15-10-14(2)11-18(23)24-15)7-6-8-20(5)17(22)12-16(21)19(3,4)25-20/h9,11-12,15,21H,6-8,10H2,1-5H3/b13-9+. The van der Waals surface area contributed by atoms with Gasteiger partial charge >= 0.3 is 5.97 Å². The van der Waals surface area contributed by atoms with Gasteiger partial charge in [0.05, 0.1) is 0 Å². The van der Waals surface area contributed by atoms with Gasteiger partial charge in [-0.3, -0.25) is 4.79 Å². The van der Waals surface area contributed by atoms with E-state index in [0.717, 1.165) is 30.4 Å². The van der Waals surface area contributed by atoms with Crippen LogP contribution in [0.25, 0.3) is 0 Å². The van der Waals surface area contributed by atoms with Crippen LogP contribution >= 0.6 is 0 Å². The number of esters is 1. The maximum absolute atomic E-state index is 12.2. The van der Waals surface area contributed by atoms with Crippen LogP contribution in [0, 0.1) is 0 Å². The Hall–Kier alpha value is -1.88. The van der Waals surface area contributed by atoms with Crippen LogP contribution in [-0.4, -0.2) is 34.2 Å². The molecule has 0 fully saturated rings. The second-order valence-electron chi connectivity index (χ2n) is 7.77. The third-order valence-corrected chi connectivity index (χ3v) is 4.74. The van der Waals surface area contributed by atoms with Crippen molar-refractivity contribution >= 4 is 11.8 Å². The number of aliphatic hydroxyl groups is 1. The second kappa shape index (κ2) is 7.16. The Bertz CT molecular complexity index is 653. The van der Waals surface area contributed by atoms with Crippen LogP contribution in [0.5, 0.6) is 0 Å². The first-order valence-corrected chi connectivity index (χ1v) is 8.73. The van der Waals surface area contributed by atoms with Crippen molar-refractivity contribution in [2.45, 2.75) is 77.6 Å². The van der Waals surface area contributed by atoms with Crippen LogP contribution in [0.3, 0.4) is 0 Å². The molecule has 2 atom stereocenters. The van der Waals surface area contributed by atoms with Crippen LogP contribution in [0.1, 0.15) is 60.3 Å². The summed E-state index contributed by atoms with van der Waals surface area (Å²) < 4.78 is 11.2. The third kappa shape index (κ3) is 4.82. The van der Waals surface area contributed by atoms with Gasteiger partial charge in [0.1, 0.15) is 23.1 Å². The van der Waals surface area contributed by atoms with E-state index in [1.807, 2.05) is 19.9 Å². The summed E-state index contributed by atoms with van der Waals surface area (Å²) in [5, 5.41) is 9.84. The first-order valence-electron chi connectivity index (χ1n) is 8.73. The molecule has 2 rings (SSSR count). The fraction of sp³-hybridized carbons (Fsp3) is 0.600. The quantitative estimate of drug-likeness (QED) is 0.602. The zero-order valence-electron chi connectivity index (χ0n) is 15.7. The second-order valence-corrected chi connectivity index (χ2v) is 7.77. The van der Waals surface area contributed by atoms with E-state index in [1.54, 1.807) is 20.8 Å². The maximum atomic E-state index is 12.2. The number of ether oxygens (including phenoxy) is 2. The Morgan fingerprint density at radius 3 is 2.64 bits per heavy atom. The van der Waals surface area contributed by atoms with E-state index in [9.17, 15) is 14.7 Å². The largest absolute Gasteiger partial charge is 0.509 e. The lowest BCUT2D eigenvalue weighted by Gasteiger charge is -2.40. The van der Waals surface area contributed by atoms with Crippen molar-refractivity contribution in [2.24, 2.45) is 0 Å². The molecule has 2 aliphatic rings. The van der Waals surface area contributed by atoms with Crippen molar-refractivity contribution in [3.05, 3.63) is 35.1 Å². The number of ketones is 1. The monoisotopic (exact) mass is 348 g/mol. The molecule has 5 heteroatoms. The molecule has 2 heterocycles. The number of rotatable bonds is 5. The predicted octanol–water partition coefficient (Wildman–Crippen LogP) is 3.94. The first-order chi connectivity index (χ1) is 11.5. The number of carbonyl (C=O) groups excluding carboxylic acids is 2. The molecule has 0 aromatic rings. The normalized spacial score (nSPS) is 29.8. The van der Waals surface area contributed by atoms with E-state index in [1.165, 1.54) is 12.2 Å². The molecule has 138 valence electrons. The van der Waals surface area contributed by atoms with Crippen molar-refractivity contribution in [3.8, 4) is 0 Å². The van der Waals surface area contributed by atoms with Crippen molar-refractivity contribution in [2.75, 3.05) is 0 Å². The molecule has 0 aromatic heterocycles. The summed E-state index contributed by atoms with van der Waals surface area (Å²) in [6.45, 7) is 9.21. The Balaban J connectivity index is 1.92. The number of cyclic esters (lactones) is 1. The van der Waals surface area contributed by atoms with E-state index >= 15 is 0 Å². The van der Waals surface area contributed by atoms with Gasteiger partial charge in [-0.05, 0) is 60.0 Å². The Labute approximate surface area is 149 Å². The van der Waals surface area contributed by atoms with Gasteiger partial charge in [0, 0.05) is 18.6 Å². The molecule has 2 aliphatic heterocycles. The summed E-state index contributed by atoms with van der Waals surface area (Å²) in [6, 6.07) is 0. The molecule has 0 radical (unpaired) electrons. The number of aliphatic hydroxyl groups excluding tert-OH is 1. The minimum Gasteiger partial charge on any atom is -0.509 e. The van der Waals surface area contributed by atoms with Crippen LogP contribution in [-0.2, 0) is 19.1 Å². The summed E-state index contributed by atoms with van der Waals surface area (Å²) in [5.41, 5.74) is 0.366. The van der Waals surface area contributed by atoms with Gasteiger partial charge in [-0.25, -0.2) is 4.79 Å². The Morgan fingerprint density at radius 2 is 2.00 bits per heavy atom. The molecule has 2 unspecified atom stereocenters. The van der Waals surface area contributed by atoms with Gasteiger partial charge in [-0.15, -0.1) is 0 Å². The molecular formula is C20H28O5. The fourth-order valence-corrected chi connectivity index (χ4v) is 3.29. The summed E-state index contributed by atoms with van der Waals surface area (Å²) in [5.74, 6) is -0.526. The number of allylic oxidation sites excluding steroid dienone is 1. The first kappa shape index (κ1) is 19.4. The highest BCUT2D eigenvalue weighted by molar-refractivity contribution is 5.98. The van der Waals surface area contributed by atoms with Crippen molar-refractivity contribution in [1.29, 1.82) is 0 Å². The molecule has 0 bridgehead atoms. The summed E-state index contributed by atoms with van der Waals surface area (Å²) in [7, 11) is 0. The molecule has 5 nitrogen and oxygen atoms in total. The van der Waals surface area contributed by atoms with Crippen LogP contribution in [0.15, 0.2) is 35.1 Å². The average molecular weight is 348 g/mol. The molecule has 0 saturated heterocycles.